The minimum Gasteiger partial charge on any atom is -0.371 e. The highest BCUT2D eigenvalue weighted by atomic mass is 19.1. The third-order valence-electron chi connectivity index (χ3n) is 2.26. The second-order valence-corrected chi connectivity index (χ2v) is 4.22. The Morgan fingerprint density at radius 1 is 1.38 bits per heavy atom. The quantitative estimate of drug-likeness (QED) is 0.735. The number of Topliss-reactive ketones (excluding diaryl/α,β-unsaturated/α-hetero) is 1. The fraction of sp³-hybridized carbons (Fsp3) is 0.462. The second-order valence-electron chi connectivity index (χ2n) is 4.22. The van der Waals surface area contributed by atoms with E-state index in [0.717, 1.165) is 5.56 Å². The Balaban J connectivity index is 2.91. The van der Waals surface area contributed by atoms with Crippen LogP contribution in [0.15, 0.2) is 12.1 Å². The van der Waals surface area contributed by atoms with Crippen molar-refractivity contribution >= 4 is 5.78 Å². The van der Waals surface area contributed by atoms with Gasteiger partial charge in [0.15, 0.2) is 5.78 Å². The van der Waals surface area contributed by atoms with Crippen molar-refractivity contribution in [1.29, 1.82) is 0 Å². The molecule has 0 unspecified atom stereocenters. The standard InChI is InChI=1S/C13H17FO2/c1-8(2)16-7-12(15)13-10(4)5-9(3)6-11(13)14/h5-6,8H,7H2,1-4H3. The van der Waals surface area contributed by atoms with Gasteiger partial charge in [-0.25, -0.2) is 4.39 Å². The Kier molecular flexibility index (Phi) is 4.19. The average Bonchev–Trinajstić information content (AvgIpc) is 2.12. The lowest BCUT2D eigenvalue weighted by Crippen LogP contribution is -2.16. The summed E-state index contributed by atoms with van der Waals surface area (Å²) >= 11 is 0. The van der Waals surface area contributed by atoms with Crippen molar-refractivity contribution in [3.63, 3.8) is 0 Å². The van der Waals surface area contributed by atoms with Crippen LogP contribution in [0.3, 0.4) is 0 Å². The summed E-state index contributed by atoms with van der Waals surface area (Å²) in [5, 5.41) is 0. The molecule has 0 N–H and O–H groups in total. The van der Waals surface area contributed by atoms with Gasteiger partial charge in [0.2, 0.25) is 0 Å². The number of ketones is 1. The van der Waals surface area contributed by atoms with Gasteiger partial charge in [-0.05, 0) is 44.9 Å². The van der Waals surface area contributed by atoms with Crippen LogP contribution in [0.4, 0.5) is 4.39 Å². The number of carbonyl (C=O) groups is 1. The molecule has 0 spiro atoms. The van der Waals surface area contributed by atoms with Crippen molar-refractivity contribution in [3.8, 4) is 0 Å². The molecule has 0 aromatic heterocycles. The first-order chi connectivity index (χ1) is 7.41. The lowest BCUT2D eigenvalue weighted by Gasteiger charge is -2.10. The number of rotatable bonds is 4. The summed E-state index contributed by atoms with van der Waals surface area (Å²) in [5.74, 6) is -0.765. The topological polar surface area (TPSA) is 26.3 Å². The van der Waals surface area contributed by atoms with Crippen molar-refractivity contribution in [2.75, 3.05) is 6.61 Å². The maximum atomic E-state index is 13.6. The smallest absolute Gasteiger partial charge is 0.191 e. The summed E-state index contributed by atoms with van der Waals surface area (Å²) in [6.07, 6.45) is -0.0298. The van der Waals surface area contributed by atoms with Crippen LogP contribution in [0.5, 0.6) is 0 Å². The Morgan fingerprint density at radius 2 is 2.00 bits per heavy atom. The summed E-state index contributed by atoms with van der Waals surface area (Å²) in [4.78, 5) is 11.7. The second kappa shape index (κ2) is 5.21. The van der Waals surface area contributed by atoms with Gasteiger partial charge in [-0.2, -0.15) is 0 Å². The third kappa shape index (κ3) is 3.14. The summed E-state index contributed by atoms with van der Waals surface area (Å²) in [6, 6.07) is 3.17. The molecule has 88 valence electrons. The zero-order valence-electron chi connectivity index (χ0n) is 10.1. The van der Waals surface area contributed by atoms with Gasteiger partial charge in [-0.3, -0.25) is 4.79 Å². The molecule has 3 heteroatoms. The maximum absolute atomic E-state index is 13.6. The number of halogens is 1. The van der Waals surface area contributed by atoms with Crippen LogP contribution in [-0.2, 0) is 4.74 Å². The van der Waals surface area contributed by atoms with E-state index in [9.17, 15) is 9.18 Å². The molecule has 0 bridgehead atoms. The normalized spacial score (nSPS) is 10.9. The van der Waals surface area contributed by atoms with E-state index in [1.165, 1.54) is 6.07 Å². The van der Waals surface area contributed by atoms with Crippen molar-refractivity contribution in [2.45, 2.75) is 33.8 Å². The highest BCUT2D eigenvalue weighted by Crippen LogP contribution is 2.16. The highest BCUT2D eigenvalue weighted by molar-refractivity contribution is 5.98. The molecule has 0 amide bonds. The number of hydrogen-bond acceptors (Lipinski definition) is 2. The van der Waals surface area contributed by atoms with E-state index in [1.54, 1.807) is 19.9 Å². The zero-order chi connectivity index (χ0) is 12.3. The van der Waals surface area contributed by atoms with Gasteiger partial charge in [0.05, 0.1) is 11.7 Å². The van der Waals surface area contributed by atoms with Crippen LogP contribution in [-0.4, -0.2) is 18.5 Å². The Morgan fingerprint density at radius 3 is 2.50 bits per heavy atom. The summed E-state index contributed by atoms with van der Waals surface area (Å²) in [7, 11) is 0. The molecule has 0 radical (unpaired) electrons. The van der Waals surface area contributed by atoms with Gasteiger partial charge in [-0.15, -0.1) is 0 Å². The lowest BCUT2D eigenvalue weighted by molar-refractivity contribution is 0.0581. The molecule has 2 nitrogen and oxygen atoms in total. The molecule has 0 saturated heterocycles. The predicted molar refractivity (Wildman–Crippen MR) is 61.3 cm³/mol. The van der Waals surface area contributed by atoms with Crippen LogP contribution < -0.4 is 0 Å². The van der Waals surface area contributed by atoms with E-state index >= 15 is 0 Å². The zero-order valence-corrected chi connectivity index (χ0v) is 10.1. The molecule has 0 aliphatic rings. The van der Waals surface area contributed by atoms with Crippen LogP contribution in [0, 0.1) is 19.7 Å². The SMILES string of the molecule is Cc1cc(C)c(C(=O)COC(C)C)c(F)c1. The van der Waals surface area contributed by atoms with Gasteiger partial charge >= 0.3 is 0 Å². The first kappa shape index (κ1) is 12.8. The van der Waals surface area contributed by atoms with Crippen molar-refractivity contribution < 1.29 is 13.9 Å². The summed E-state index contributed by atoms with van der Waals surface area (Å²) in [5.41, 5.74) is 1.62. The summed E-state index contributed by atoms with van der Waals surface area (Å²) in [6.45, 7) is 7.14. The number of ether oxygens (including phenoxy) is 1. The fourth-order valence-corrected chi connectivity index (χ4v) is 1.58. The maximum Gasteiger partial charge on any atom is 0.191 e. The Hall–Kier alpha value is -1.22. The molecule has 1 aromatic carbocycles. The van der Waals surface area contributed by atoms with Gasteiger partial charge in [0, 0.05) is 0 Å². The Labute approximate surface area is 95.4 Å². The monoisotopic (exact) mass is 224 g/mol. The number of aryl methyl sites for hydroxylation is 2. The van der Waals surface area contributed by atoms with E-state index in [-0.39, 0.29) is 24.1 Å². The van der Waals surface area contributed by atoms with Crippen molar-refractivity contribution in [3.05, 3.63) is 34.6 Å². The first-order valence-electron chi connectivity index (χ1n) is 5.33. The molecule has 16 heavy (non-hydrogen) atoms. The number of hydrogen-bond donors (Lipinski definition) is 0. The molecule has 0 atom stereocenters. The van der Waals surface area contributed by atoms with Crippen LogP contribution in [0.1, 0.15) is 35.3 Å². The molecule has 1 aromatic rings. The third-order valence-corrected chi connectivity index (χ3v) is 2.26. The van der Waals surface area contributed by atoms with Gasteiger partial charge in [-0.1, -0.05) is 6.07 Å². The van der Waals surface area contributed by atoms with Crippen molar-refractivity contribution in [1.82, 2.24) is 0 Å². The van der Waals surface area contributed by atoms with E-state index in [1.807, 2.05) is 13.8 Å². The van der Waals surface area contributed by atoms with E-state index in [0.29, 0.717) is 5.56 Å². The highest BCUT2D eigenvalue weighted by Gasteiger charge is 2.15. The molecule has 0 aliphatic carbocycles. The van der Waals surface area contributed by atoms with Crippen molar-refractivity contribution in [2.24, 2.45) is 0 Å². The van der Waals surface area contributed by atoms with E-state index < -0.39 is 5.82 Å². The molecule has 0 aliphatic heterocycles. The molecule has 0 fully saturated rings. The Bertz CT molecular complexity index is 374. The van der Waals surface area contributed by atoms with Crippen LogP contribution in [0.2, 0.25) is 0 Å². The minimum atomic E-state index is -0.463. The van der Waals surface area contributed by atoms with E-state index in [4.69, 9.17) is 4.74 Å². The molecular weight excluding hydrogens is 207 g/mol. The minimum absolute atomic E-state index is 0.0298. The molecule has 0 saturated carbocycles. The molecular formula is C13H17FO2. The molecule has 1 rings (SSSR count). The van der Waals surface area contributed by atoms with E-state index in [2.05, 4.69) is 0 Å². The number of benzene rings is 1. The van der Waals surface area contributed by atoms with Gasteiger partial charge < -0.3 is 4.74 Å². The predicted octanol–water partition coefficient (Wildman–Crippen LogP) is 3.05. The van der Waals surface area contributed by atoms with Gasteiger partial charge in [0.25, 0.3) is 0 Å². The average molecular weight is 224 g/mol. The summed E-state index contributed by atoms with van der Waals surface area (Å²) < 4.78 is 18.8. The van der Waals surface area contributed by atoms with Crippen LogP contribution >= 0.6 is 0 Å². The lowest BCUT2D eigenvalue weighted by atomic mass is 10.0. The number of carbonyl (C=O) groups excluding carboxylic acids is 1. The largest absolute Gasteiger partial charge is 0.371 e. The fourth-order valence-electron chi connectivity index (χ4n) is 1.58. The van der Waals surface area contributed by atoms with Crippen LogP contribution in [0.25, 0.3) is 0 Å². The first-order valence-corrected chi connectivity index (χ1v) is 5.33. The molecule has 0 heterocycles. The van der Waals surface area contributed by atoms with Gasteiger partial charge in [0.1, 0.15) is 12.4 Å².